The van der Waals surface area contributed by atoms with Gasteiger partial charge in [-0.15, -0.1) is 0 Å². The van der Waals surface area contributed by atoms with E-state index in [1.165, 1.54) is 0 Å². The second-order valence-electron chi connectivity index (χ2n) is 6.76. The molecular weight excluding hydrogens is 266 g/mol. The normalized spacial score (nSPS) is 26.7. The highest BCUT2D eigenvalue weighted by atomic mass is 16.5. The number of nitrogens with one attached hydrogen (secondary N) is 1. The Labute approximate surface area is 124 Å². The maximum Gasteiger partial charge on any atom is 0.265 e. The second-order valence-corrected chi connectivity index (χ2v) is 6.76. The number of hydrogen-bond donors (Lipinski definition) is 1. The lowest BCUT2D eigenvalue weighted by molar-refractivity contribution is -0.122. The molecule has 0 saturated heterocycles. The van der Waals surface area contributed by atoms with Crippen molar-refractivity contribution in [3.8, 4) is 5.75 Å². The van der Waals surface area contributed by atoms with Gasteiger partial charge in [-0.3, -0.25) is 9.59 Å². The summed E-state index contributed by atoms with van der Waals surface area (Å²) in [5.41, 5.74) is 1.31. The standard InChI is InChI=1S/C17H21NO3/c1-10-16(20)18-13-9-11(6-7-14(13)21-10)15(19)12-5-4-8-17(12,2)3/h6-7,9-10,12H,4-5,8H2,1-3H3,(H,18,20). The Kier molecular flexibility index (Phi) is 3.27. The van der Waals surface area contributed by atoms with Crippen molar-refractivity contribution in [2.24, 2.45) is 11.3 Å². The van der Waals surface area contributed by atoms with Gasteiger partial charge in [-0.1, -0.05) is 20.3 Å². The van der Waals surface area contributed by atoms with Gasteiger partial charge in [0.2, 0.25) is 0 Å². The predicted octanol–water partition coefficient (Wildman–Crippen LogP) is 3.42. The highest BCUT2D eigenvalue weighted by molar-refractivity contribution is 6.02. The average Bonchev–Trinajstić information content (AvgIpc) is 2.78. The quantitative estimate of drug-likeness (QED) is 0.848. The minimum Gasteiger partial charge on any atom is -0.479 e. The third kappa shape index (κ3) is 2.43. The smallest absolute Gasteiger partial charge is 0.265 e. The molecule has 1 aromatic rings. The van der Waals surface area contributed by atoms with E-state index < -0.39 is 6.10 Å². The summed E-state index contributed by atoms with van der Waals surface area (Å²) in [6.07, 6.45) is 2.65. The molecule has 3 rings (SSSR count). The molecular formula is C17H21NO3. The molecule has 112 valence electrons. The molecule has 2 atom stereocenters. The summed E-state index contributed by atoms with van der Waals surface area (Å²) in [6, 6.07) is 5.33. The van der Waals surface area contributed by atoms with E-state index >= 15 is 0 Å². The molecule has 1 saturated carbocycles. The highest BCUT2D eigenvalue weighted by Gasteiger charge is 2.39. The van der Waals surface area contributed by atoms with Crippen molar-refractivity contribution in [1.82, 2.24) is 0 Å². The van der Waals surface area contributed by atoms with Crippen LogP contribution in [0.25, 0.3) is 0 Å². The van der Waals surface area contributed by atoms with Crippen LogP contribution in [-0.2, 0) is 4.79 Å². The number of fused-ring (bicyclic) bond motifs is 1. The van der Waals surface area contributed by atoms with Crippen molar-refractivity contribution in [2.45, 2.75) is 46.1 Å². The van der Waals surface area contributed by atoms with Crippen molar-refractivity contribution < 1.29 is 14.3 Å². The first-order chi connectivity index (χ1) is 9.88. The van der Waals surface area contributed by atoms with Crippen LogP contribution < -0.4 is 10.1 Å². The zero-order chi connectivity index (χ0) is 15.2. The summed E-state index contributed by atoms with van der Waals surface area (Å²) in [5.74, 6) is 0.695. The first-order valence-corrected chi connectivity index (χ1v) is 7.54. The number of carbonyl (C=O) groups is 2. The molecule has 1 fully saturated rings. The maximum atomic E-state index is 12.7. The summed E-state index contributed by atoms with van der Waals surface area (Å²) in [4.78, 5) is 24.4. The molecule has 0 radical (unpaired) electrons. The number of ketones is 1. The lowest BCUT2D eigenvalue weighted by Gasteiger charge is -2.27. The molecule has 4 heteroatoms. The minimum absolute atomic E-state index is 0.0568. The molecule has 2 aliphatic rings. The van der Waals surface area contributed by atoms with E-state index in [2.05, 4.69) is 19.2 Å². The van der Waals surface area contributed by atoms with E-state index in [-0.39, 0.29) is 23.0 Å². The van der Waals surface area contributed by atoms with Gasteiger partial charge in [0.15, 0.2) is 11.9 Å². The van der Waals surface area contributed by atoms with Gasteiger partial charge in [-0.2, -0.15) is 0 Å². The number of benzene rings is 1. The van der Waals surface area contributed by atoms with Gasteiger partial charge in [0.05, 0.1) is 5.69 Å². The van der Waals surface area contributed by atoms with E-state index in [9.17, 15) is 9.59 Å². The van der Waals surface area contributed by atoms with E-state index in [0.29, 0.717) is 17.0 Å². The molecule has 1 aliphatic heterocycles. The number of ether oxygens (including phenoxy) is 1. The number of carbonyl (C=O) groups excluding carboxylic acids is 2. The summed E-state index contributed by atoms with van der Waals surface area (Å²) in [6.45, 7) is 6.03. The minimum atomic E-state index is -0.493. The van der Waals surface area contributed by atoms with E-state index in [0.717, 1.165) is 19.3 Å². The lowest BCUT2D eigenvalue weighted by Crippen LogP contribution is -2.34. The number of rotatable bonds is 2. The van der Waals surface area contributed by atoms with Crippen LogP contribution in [0, 0.1) is 11.3 Å². The highest BCUT2D eigenvalue weighted by Crippen LogP contribution is 2.44. The summed E-state index contributed by atoms with van der Waals surface area (Å²) in [7, 11) is 0. The van der Waals surface area contributed by atoms with Gasteiger partial charge in [0.25, 0.3) is 5.91 Å². The molecule has 1 aliphatic carbocycles. The molecule has 0 aromatic heterocycles. The van der Waals surface area contributed by atoms with Gasteiger partial charge >= 0.3 is 0 Å². The van der Waals surface area contributed by atoms with E-state index in [1.807, 2.05) is 0 Å². The second kappa shape index (κ2) is 4.86. The summed E-state index contributed by atoms with van der Waals surface area (Å²) < 4.78 is 5.52. The van der Waals surface area contributed by atoms with E-state index in [4.69, 9.17) is 4.74 Å². The largest absolute Gasteiger partial charge is 0.479 e. The summed E-state index contributed by atoms with van der Waals surface area (Å²) in [5, 5.41) is 2.80. The number of hydrogen-bond acceptors (Lipinski definition) is 3. The van der Waals surface area contributed by atoms with Crippen LogP contribution in [-0.4, -0.2) is 17.8 Å². The van der Waals surface area contributed by atoms with Crippen molar-refractivity contribution in [2.75, 3.05) is 5.32 Å². The number of anilines is 1. The molecule has 0 bridgehead atoms. The zero-order valence-corrected chi connectivity index (χ0v) is 12.7. The lowest BCUT2D eigenvalue weighted by atomic mass is 9.77. The number of Topliss-reactive ketones (excluding diaryl/α,β-unsaturated/α-hetero) is 1. The Bertz CT molecular complexity index is 606. The number of amides is 1. The first-order valence-electron chi connectivity index (χ1n) is 7.54. The Morgan fingerprint density at radius 2 is 2.14 bits per heavy atom. The van der Waals surface area contributed by atoms with Crippen molar-refractivity contribution in [3.63, 3.8) is 0 Å². The van der Waals surface area contributed by atoms with Gasteiger partial charge in [0.1, 0.15) is 5.75 Å². The first kappa shape index (κ1) is 14.1. The van der Waals surface area contributed by atoms with Crippen LogP contribution >= 0.6 is 0 Å². The van der Waals surface area contributed by atoms with Crippen LogP contribution in [0.1, 0.15) is 50.4 Å². The van der Waals surface area contributed by atoms with Crippen LogP contribution in [0.2, 0.25) is 0 Å². The molecule has 21 heavy (non-hydrogen) atoms. The molecule has 0 spiro atoms. The average molecular weight is 287 g/mol. The maximum absolute atomic E-state index is 12.7. The van der Waals surface area contributed by atoms with Crippen LogP contribution in [0.4, 0.5) is 5.69 Å². The van der Waals surface area contributed by atoms with Gasteiger partial charge in [-0.25, -0.2) is 0 Å². The molecule has 1 heterocycles. The van der Waals surface area contributed by atoms with Gasteiger partial charge in [-0.05, 0) is 43.4 Å². The fourth-order valence-corrected chi connectivity index (χ4v) is 3.38. The molecule has 4 nitrogen and oxygen atoms in total. The fourth-order valence-electron chi connectivity index (χ4n) is 3.38. The third-order valence-corrected chi connectivity index (χ3v) is 4.77. The monoisotopic (exact) mass is 287 g/mol. The van der Waals surface area contributed by atoms with Crippen LogP contribution in [0.3, 0.4) is 0 Å². The molecule has 1 aromatic carbocycles. The van der Waals surface area contributed by atoms with Crippen molar-refractivity contribution >= 4 is 17.4 Å². The molecule has 1 amide bonds. The molecule has 2 unspecified atom stereocenters. The van der Waals surface area contributed by atoms with Crippen LogP contribution in [0.15, 0.2) is 18.2 Å². The fraction of sp³-hybridized carbons (Fsp3) is 0.529. The topological polar surface area (TPSA) is 55.4 Å². The SMILES string of the molecule is CC1Oc2ccc(C(=O)C3CCCC3(C)C)cc2NC1=O. The van der Waals surface area contributed by atoms with Gasteiger partial charge in [0, 0.05) is 11.5 Å². The predicted molar refractivity (Wildman–Crippen MR) is 80.6 cm³/mol. The zero-order valence-electron chi connectivity index (χ0n) is 12.7. The Morgan fingerprint density at radius 1 is 1.38 bits per heavy atom. The Morgan fingerprint density at radius 3 is 2.81 bits per heavy atom. The van der Waals surface area contributed by atoms with Crippen LogP contribution in [0.5, 0.6) is 5.75 Å². The van der Waals surface area contributed by atoms with Crippen molar-refractivity contribution in [3.05, 3.63) is 23.8 Å². The van der Waals surface area contributed by atoms with E-state index in [1.54, 1.807) is 25.1 Å². The summed E-state index contributed by atoms with van der Waals surface area (Å²) >= 11 is 0. The van der Waals surface area contributed by atoms with Gasteiger partial charge < -0.3 is 10.1 Å². The Hall–Kier alpha value is -1.84. The molecule has 1 N–H and O–H groups in total. The van der Waals surface area contributed by atoms with Crippen molar-refractivity contribution in [1.29, 1.82) is 0 Å². The Balaban J connectivity index is 1.89. The third-order valence-electron chi connectivity index (χ3n) is 4.77.